The van der Waals surface area contributed by atoms with E-state index in [1.165, 1.54) is 0 Å². The molecule has 1 unspecified atom stereocenters. The molecule has 3 N–H and O–H groups in total. The fourth-order valence-corrected chi connectivity index (χ4v) is 1.86. The van der Waals surface area contributed by atoms with Crippen LogP contribution in [-0.2, 0) is 9.59 Å². The number of nitrogens with two attached hydrogens (primary N) is 1. The van der Waals surface area contributed by atoms with Gasteiger partial charge in [0.25, 0.3) is 0 Å². The van der Waals surface area contributed by atoms with Crippen molar-refractivity contribution in [2.45, 2.75) is 26.3 Å². The van der Waals surface area contributed by atoms with Crippen molar-refractivity contribution in [3.63, 3.8) is 0 Å². The standard InChI is InChI=1S/C14H22N4O2/c1-10(2)8-12(14(15)20)17-13(19)9-18(3)11-4-6-16-7-5-11/h4-7,10,12H,8-9H2,1-3H3,(H2,15,20)(H,17,19). The summed E-state index contributed by atoms with van der Waals surface area (Å²) in [5.41, 5.74) is 6.18. The first kappa shape index (κ1) is 15.9. The lowest BCUT2D eigenvalue weighted by Gasteiger charge is -2.21. The zero-order chi connectivity index (χ0) is 15.1. The topological polar surface area (TPSA) is 88.3 Å². The molecule has 0 bridgehead atoms. The first-order chi connectivity index (χ1) is 9.40. The van der Waals surface area contributed by atoms with Gasteiger partial charge in [-0.15, -0.1) is 0 Å². The summed E-state index contributed by atoms with van der Waals surface area (Å²) in [5.74, 6) is -0.446. The number of carbonyl (C=O) groups is 2. The summed E-state index contributed by atoms with van der Waals surface area (Å²) in [6, 6.07) is 3.01. The Morgan fingerprint density at radius 1 is 1.35 bits per heavy atom. The van der Waals surface area contributed by atoms with Crippen molar-refractivity contribution >= 4 is 17.5 Å². The van der Waals surface area contributed by atoms with E-state index in [1.54, 1.807) is 24.3 Å². The Balaban J connectivity index is 2.55. The Kier molecular flexibility index (Phi) is 5.96. The van der Waals surface area contributed by atoms with Gasteiger partial charge in [-0.3, -0.25) is 14.6 Å². The largest absolute Gasteiger partial charge is 0.368 e. The van der Waals surface area contributed by atoms with Crippen LogP contribution in [0.5, 0.6) is 0 Å². The number of pyridine rings is 1. The Bertz CT molecular complexity index is 448. The van der Waals surface area contributed by atoms with Crippen molar-refractivity contribution in [3.05, 3.63) is 24.5 Å². The molecule has 2 amide bonds. The predicted molar refractivity (Wildman–Crippen MR) is 78.1 cm³/mol. The molecular weight excluding hydrogens is 256 g/mol. The highest BCUT2D eigenvalue weighted by Crippen LogP contribution is 2.09. The number of carbonyl (C=O) groups excluding carboxylic acids is 2. The quantitative estimate of drug-likeness (QED) is 0.761. The molecule has 0 fully saturated rings. The minimum Gasteiger partial charge on any atom is -0.368 e. The zero-order valence-electron chi connectivity index (χ0n) is 12.2. The van der Waals surface area contributed by atoms with Gasteiger partial charge in [-0.1, -0.05) is 13.8 Å². The van der Waals surface area contributed by atoms with Crippen LogP contribution < -0.4 is 16.0 Å². The maximum Gasteiger partial charge on any atom is 0.240 e. The number of likely N-dealkylation sites (N-methyl/N-ethyl adjacent to an activating group) is 1. The van der Waals surface area contributed by atoms with E-state index >= 15 is 0 Å². The number of hydrogen-bond donors (Lipinski definition) is 2. The molecule has 0 aliphatic heterocycles. The van der Waals surface area contributed by atoms with Crippen molar-refractivity contribution in [1.29, 1.82) is 0 Å². The van der Waals surface area contributed by atoms with Crippen LogP contribution in [0.25, 0.3) is 0 Å². The summed E-state index contributed by atoms with van der Waals surface area (Å²) >= 11 is 0. The monoisotopic (exact) mass is 278 g/mol. The lowest BCUT2D eigenvalue weighted by molar-refractivity contribution is -0.126. The van der Waals surface area contributed by atoms with Crippen LogP contribution >= 0.6 is 0 Å². The maximum absolute atomic E-state index is 11.9. The lowest BCUT2D eigenvalue weighted by Crippen LogP contribution is -2.48. The number of anilines is 1. The average molecular weight is 278 g/mol. The number of nitrogens with one attached hydrogen (secondary N) is 1. The normalized spacial score (nSPS) is 12.0. The predicted octanol–water partition coefficient (Wildman–Crippen LogP) is 0.534. The third-order valence-electron chi connectivity index (χ3n) is 2.87. The minimum atomic E-state index is -0.617. The third kappa shape index (κ3) is 5.26. The van der Waals surface area contributed by atoms with E-state index in [0.29, 0.717) is 6.42 Å². The summed E-state index contributed by atoms with van der Waals surface area (Å²) in [4.78, 5) is 29.0. The molecular formula is C14H22N4O2. The number of nitrogens with zero attached hydrogens (tertiary/aromatic N) is 2. The van der Waals surface area contributed by atoms with Gasteiger partial charge in [0.1, 0.15) is 6.04 Å². The second-order valence-corrected chi connectivity index (χ2v) is 5.21. The highest BCUT2D eigenvalue weighted by atomic mass is 16.2. The maximum atomic E-state index is 11.9. The van der Waals surface area contributed by atoms with Crippen LogP contribution in [0.4, 0.5) is 5.69 Å². The van der Waals surface area contributed by atoms with Crippen molar-refractivity contribution in [1.82, 2.24) is 10.3 Å². The van der Waals surface area contributed by atoms with Gasteiger partial charge in [0.2, 0.25) is 11.8 Å². The van der Waals surface area contributed by atoms with Crippen molar-refractivity contribution < 1.29 is 9.59 Å². The highest BCUT2D eigenvalue weighted by molar-refractivity contribution is 5.88. The zero-order valence-corrected chi connectivity index (χ0v) is 12.2. The first-order valence-electron chi connectivity index (χ1n) is 6.60. The molecule has 1 rings (SSSR count). The molecule has 110 valence electrons. The van der Waals surface area contributed by atoms with Gasteiger partial charge in [-0.25, -0.2) is 0 Å². The molecule has 0 spiro atoms. The summed E-state index contributed by atoms with van der Waals surface area (Å²) in [6.45, 7) is 4.11. The van der Waals surface area contributed by atoms with E-state index < -0.39 is 11.9 Å². The molecule has 0 saturated heterocycles. The summed E-state index contributed by atoms with van der Waals surface area (Å²) < 4.78 is 0. The molecule has 1 heterocycles. The van der Waals surface area contributed by atoms with Gasteiger partial charge in [0, 0.05) is 25.1 Å². The Hall–Kier alpha value is -2.11. The van der Waals surface area contributed by atoms with E-state index in [0.717, 1.165) is 5.69 Å². The molecule has 1 aromatic heterocycles. The summed E-state index contributed by atoms with van der Waals surface area (Å²) in [5, 5.41) is 2.68. The van der Waals surface area contributed by atoms with Gasteiger partial charge in [0.05, 0.1) is 6.54 Å². The third-order valence-corrected chi connectivity index (χ3v) is 2.87. The van der Waals surface area contributed by atoms with Crippen LogP contribution in [0.15, 0.2) is 24.5 Å². The molecule has 20 heavy (non-hydrogen) atoms. The number of aromatic nitrogens is 1. The van der Waals surface area contributed by atoms with E-state index in [2.05, 4.69) is 10.3 Å². The van der Waals surface area contributed by atoms with Crippen LogP contribution in [0.1, 0.15) is 20.3 Å². The fraction of sp³-hybridized carbons (Fsp3) is 0.500. The second-order valence-electron chi connectivity index (χ2n) is 5.21. The molecule has 1 atom stereocenters. The van der Waals surface area contributed by atoms with E-state index in [1.807, 2.05) is 26.0 Å². The van der Waals surface area contributed by atoms with Crippen molar-refractivity contribution in [2.24, 2.45) is 11.7 Å². The van der Waals surface area contributed by atoms with Crippen LogP contribution in [0, 0.1) is 5.92 Å². The van der Waals surface area contributed by atoms with Crippen molar-refractivity contribution in [3.8, 4) is 0 Å². The number of primary amides is 1. The minimum absolute atomic E-state index is 0.159. The fourth-order valence-electron chi connectivity index (χ4n) is 1.86. The number of amides is 2. The van der Waals surface area contributed by atoms with Gasteiger partial charge >= 0.3 is 0 Å². The lowest BCUT2D eigenvalue weighted by atomic mass is 10.0. The SMILES string of the molecule is CC(C)CC(NC(=O)CN(C)c1ccncc1)C(N)=O. The van der Waals surface area contributed by atoms with E-state index in [4.69, 9.17) is 5.73 Å². The summed E-state index contributed by atoms with van der Waals surface area (Å²) in [6.07, 6.45) is 3.86. The van der Waals surface area contributed by atoms with Crippen LogP contribution in [0.2, 0.25) is 0 Å². The Morgan fingerprint density at radius 3 is 2.45 bits per heavy atom. The van der Waals surface area contributed by atoms with E-state index in [9.17, 15) is 9.59 Å². The molecule has 6 nitrogen and oxygen atoms in total. The molecule has 0 radical (unpaired) electrons. The number of hydrogen-bond acceptors (Lipinski definition) is 4. The van der Waals surface area contributed by atoms with E-state index in [-0.39, 0.29) is 18.4 Å². The van der Waals surface area contributed by atoms with Gasteiger partial charge < -0.3 is 16.0 Å². The van der Waals surface area contributed by atoms with Gasteiger partial charge in [0.15, 0.2) is 0 Å². The second kappa shape index (κ2) is 7.47. The van der Waals surface area contributed by atoms with Crippen LogP contribution in [0.3, 0.4) is 0 Å². The number of rotatable bonds is 7. The van der Waals surface area contributed by atoms with Crippen molar-refractivity contribution in [2.75, 3.05) is 18.5 Å². The first-order valence-corrected chi connectivity index (χ1v) is 6.60. The molecule has 0 saturated carbocycles. The molecule has 0 aromatic carbocycles. The molecule has 0 aliphatic carbocycles. The molecule has 1 aromatic rings. The highest BCUT2D eigenvalue weighted by Gasteiger charge is 2.19. The van der Waals surface area contributed by atoms with Gasteiger partial charge in [-0.2, -0.15) is 0 Å². The average Bonchev–Trinajstić information content (AvgIpc) is 2.38. The summed E-state index contributed by atoms with van der Waals surface area (Å²) in [7, 11) is 1.80. The molecule has 6 heteroatoms. The molecule has 0 aliphatic rings. The van der Waals surface area contributed by atoms with Gasteiger partial charge in [-0.05, 0) is 24.5 Å². The van der Waals surface area contributed by atoms with Crippen LogP contribution in [-0.4, -0.2) is 36.4 Å². The Morgan fingerprint density at radius 2 is 1.95 bits per heavy atom. The Labute approximate surface area is 119 Å². The smallest absolute Gasteiger partial charge is 0.240 e.